The van der Waals surface area contributed by atoms with Gasteiger partial charge in [0.1, 0.15) is 11.8 Å². The highest BCUT2D eigenvalue weighted by atomic mass is 16.5. The summed E-state index contributed by atoms with van der Waals surface area (Å²) in [6.07, 6.45) is 2.92. The van der Waals surface area contributed by atoms with E-state index in [0.29, 0.717) is 35.3 Å². The highest BCUT2D eigenvalue weighted by Gasteiger charge is 2.25. The van der Waals surface area contributed by atoms with Crippen LogP contribution in [0.2, 0.25) is 0 Å². The normalized spacial score (nSPS) is 13.3. The summed E-state index contributed by atoms with van der Waals surface area (Å²) in [6.45, 7) is 10.2. The topological polar surface area (TPSA) is 125 Å². The number of benzene rings is 2. The van der Waals surface area contributed by atoms with Gasteiger partial charge in [-0.3, -0.25) is 4.79 Å². The lowest BCUT2D eigenvalue weighted by atomic mass is 9.84. The summed E-state index contributed by atoms with van der Waals surface area (Å²) in [4.78, 5) is 17.5. The predicted molar refractivity (Wildman–Crippen MR) is 145 cm³/mol. The molecule has 3 aromatic rings. The maximum Gasteiger partial charge on any atom is 0.304 e. The number of rotatable bonds is 11. The van der Waals surface area contributed by atoms with Gasteiger partial charge in [0, 0.05) is 30.9 Å². The Kier molecular flexibility index (Phi) is 8.32. The molecule has 0 amide bonds. The number of carboxylic acids is 1. The molecule has 0 atom stereocenters. The van der Waals surface area contributed by atoms with Crippen LogP contribution in [-0.2, 0) is 17.6 Å². The molecule has 9 nitrogen and oxygen atoms in total. The van der Waals surface area contributed by atoms with Crippen LogP contribution in [0.4, 0.5) is 11.6 Å². The van der Waals surface area contributed by atoms with E-state index < -0.39 is 5.97 Å². The van der Waals surface area contributed by atoms with Crippen LogP contribution >= 0.6 is 0 Å². The SMILES string of the molecule is CC(C)Oc1ccc(-c2nc(N3CCCc4cc(CC(C)(C)CNCCC(=O)O)ccc43)no2)cc1C#N. The standard InChI is InChI=1S/C29H35N5O4/c1-19(2)37-25-10-8-22(15-23(25)17-30)27-32-28(33-38-27)34-13-5-6-21-14-20(7-9-24(21)34)16-29(3,4)18-31-12-11-26(35)36/h7-10,14-15,19,31H,5-6,11-13,16,18H2,1-4H3,(H,35,36). The molecule has 0 spiro atoms. The number of nitrogens with zero attached hydrogens (tertiary/aromatic N) is 4. The number of ether oxygens (including phenoxy) is 1. The largest absolute Gasteiger partial charge is 0.490 e. The fourth-order valence-electron chi connectivity index (χ4n) is 4.76. The molecule has 0 aliphatic carbocycles. The Labute approximate surface area is 223 Å². The second kappa shape index (κ2) is 11.7. The van der Waals surface area contributed by atoms with E-state index >= 15 is 0 Å². The van der Waals surface area contributed by atoms with Crippen molar-refractivity contribution in [2.45, 2.75) is 59.5 Å². The van der Waals surface area contributed by atoms with Crippen LogP contribution in [0.25, 0.3) is 11.5 Å². The van der Waals surface area contributed by atoms with Gasteiger partial charge in [0.25, 0.3) is 11.8 Å². The maximum atomic E-state index is 10.7. The van der Waals surface area contributed by atoms with Crippen LogP contribution in [0.15, 0.2) is 40.9 Å². The number of anilines is 2. The van der Waals surface area contributed by atoms with Gasteiger partial charge < -0.3 is 24.6 Å². The lowest BCUT2D eigenvalue weighted by Gasteiger charge is -2.30. The summed E-state index contributed by atoms with van der Waals surface area (Å²) in [5.74, 6) is 0.599. The number of aryl methyl sites for hydroxylation is 1. The lowest BCUT2D eigenvalue weighted by Crippen LogP contribution is -2.32. The number of hydrogen-bond donors (Lipinski definition) is 2. The second-order valence-electron chi connectivity index (χ2n) is 10.8. The minimum absolute atomic E-state index is 0.0122. The molecule has 1 aliphatic heterocycles. The van der Waals surface area contributed by atoms with E-state index in [1.807, 2.05) is 19.9 Å². The molecule has 2 aromatic carbocycles. The first-order valence-corrected chi connectivity index (χ1v) is 13.0. The zero-order valence-corrected chi connectivity index (χ0v) is 22.5. The monoisotopic (exact) mass is 517 g/mol. The van der Waals surface area contributed by atoms with E-state index in [0.717, 1.165) is 38.0 Å². The third-order valence-electron chi connectivity index (χ3n) is 6.43. The zero-order valence-electron chi connectivity index (χ0n) is 22.5. The molecule has 2 heterocycles. The second-order valence-corrected chi connectivity index (χ2v) is 10.8. The van der Waals surface area contributed by atoms with E-state index in [2.05, 4.69) is 58.5 Å². The van der Waals surface area contributed by atoms with Gasteiger partial charge >= 0.3 is 5.97 Å². The van der Waals surface area contributed by atoms with Crippen LogP contribution in [0.5, 0.6) is 5.75 Å². The maximum absolute atomic E-state index is 10.7. The predicted octanol–water partition coefficient (Wildman–Crippen LogP) is 5.11. The molecule has 0 saturated carbocycles. The fraction of sp³-hybridized carbons (Fsp3) is 0.448. The Morgan fingerprint density at radius 1 is 1.29 bits per heavy atom. The summed E-state index contributed by atoms with van der Waals surface area (Å²) in [5.41, 5.74) is 4.65. The number of fused-ring (bicyclic) bond motifs is 1. The average Bonchev–Trinajstić information content (AvgIpc) is 3.36. The molecule has 9 heteroatoms. The fourth-order valence-corrected chi connectivity index (χ4v) is 4.76. The lowest BCUT2D eigenvalue weighted by molar-refractivity contribution is -0.136. The van der Waals surface area contributed by atoms with Crippen molar-refractivity contribution in [2.75, 3.05) is 24.5 Å². The van der Waals surface area contributed by atoms with Crippen molar-refractivity contribution >= 4 is 17.6 Å². The Morgan fingerprint density at radius 2 is 2.11 bits per heavy atom. The molecule has 4 rings (SSSR count). The summed E-state index contributed by atoms with van der Waals surface area (Å²) in [7, 11) is 0. The smallest absolute Gasteiger partial charge is 0.304 e. The molecule has 0 radical (unpaired) electrons. The van der Waals surface area contributed by atoms with Crippen LogP contribution in [-0.4, -0.2) is 47.0 Å². The van der Waals surface area contributed by atoms with E-state index in [1.54, 1.807) is 12.1 Å². The van der Waals surface area contributed by atoms with Crippen molar-refractivity contribution in [3.05, 3.63) is 53.1 Å². The Hall–Kier alpha value is -3.90. The molecule has 1 aliphatic rings. The number of nitrogens with one attached hydrogen (secondary N) is 1. The summed E-state index contributed by atoms with van der Waals surface area (Å²) < 4.78 is 11.3. The van der Waals surface area contributed by atoms with Crippen LogP contribution in [0.1, 0.15) is 57.2 Å². The highest BCUT2D eigenvalue weighted by molar-refractivity contribution is 5.67. The number of hydrogen-bond acceptors (Lipinski definition) is 8. The first kappa shape index (κ1) is 27.1. The molecule has 0 bridgehead atoms. The average molecular weight is 518 g/mol. The van der Waals surface area contributed by atoms with Crippen molar-refractivity contribution in [2.24, 2.45) is 5.41 Å². The van der Waals surface area contributed by atoms with Crippen LogP contribution < -0.4 is 15.0 Å². The Bertz CT molecular complexity index is 1320. The van der Waals surface area contributed by atoms with E-state index in [4.69, 9.17) is 14.4 Å². The molecule has 1 aromatic heterocycles. The van der Waals surface area contributed by atoms with Gasteiger partial charge in [0.05, 0.1) is 18.1 Å². The van der Waals surface area contributed by atoms with Crippen LogP contribution in [0, 0.1) is 16.7 Å². The number of carboxylic acid groups (broad SMARTS) is 1. The minimum atomic E-state index is -0.788. The van der Waals surface area contributed by atoms with Gasteiger partial charge in [-0.05, 0) is 79.1 Å². The Balaban J connectivity index is 1.48. The van der Waals surface area contributed by atoms with Crippen molar-refractivity contribution in [1.29, 1.82) is 5.26 Å². The van der Waals surface area contributed by atoms with Crippen LogP contribution in [0.3, 0.4) is 0 Å². The third-order valence-corrected chi connectivity index (χ3v) is 6.43. The zero-order chi connectivity index (χ0) is 27.3. The molecular formula is C29H35N5O4. The van der Waals surface area contributed by atoms with Gasteiger partial charge in [0.15, 0.2) is 0 Å². The molecule has 2 N–H and O–H groups in total. The van der Waals surface area contributed by atoms with Crippen molar-refractivity contribution < 1.29 is 19.2 Å². The molecule has 200 valence electrons. The third kappa shape index (κ3) is 6.69. The number of aliphatic carboxylic acids is 1. The molecular weight excluding hydrogens is 482 g/mol. The molecule has 38 heavy (non-hydrogen) atoms. The van der Waals surface area contributed by atoms with Gasteiger partial charge in [-0.25, -0.2) is 0 Å². The molecule has 0 fully saturated rings. The minimum Gasteiger partial charge on any atom is -0.490 e. The van der Waals surface area contributed by atoms with Crippen molar-refractivity contribution in [3.63, 3.8) is 0 Å². The quantitative estimate of drug-likeness (QED) is 0.334. The van der Waals surface area contributed by atoms with E-state index in [-0.39, 0.29) is 17.9 Å². The molecule has 0 saturated heterocycles. The number of carbonyl (C=O) groups is 1. The van der Waals surface area contributed by atoms with E-state index in [9.17, 15) is 10.1 Å². The Morgan fingerprint density at radius 3 is 2.84 bits per heavy atom. The first-order chi connectivity index (χ1) is 18.1. The first-order valence-electron chi connectivity index (χ1n) is 13.0. The van der Waals surface area contributed by atoms with Gasteiger partial charge in [-0.1, -0.05) is 26.0 Å². The van der Waals surface area contributed by atoms with E-state index in [1.165, 1.54) is 11.1 Å². The summed E-state index contributed by atoms with van der Waals surface area (Å²) in [6, 6.07) is 14.0. The number of nitriles is 1. The highest BCUT2D eigenvalue weighted by Crippen LogP contribution is 2.35. The summed E-state index contributed by atoms with van der Waals surface area (Å²) >= 11 is 0. The van der Waals surface area contributed by atoms with Gasteiger partial charge in [0.2, 0.25) is 0 Å². The van der Waals surface area contributed by atoms with Gasteiger partial charge in [-0.2, -0.15) is 10.2 Å². The van der Waals surface area contributed by atoms with Crippen molar-refractivity contribution in [3.8, 4) is 23.3 Å². The van der Waals surface area contributed by atoms with Crippen molar-refractivity contribution in [1.82, 2.24) is 15.5 Å². The van der Waals surface area contributed by atoms with Gasteiger partial charge in [-0.15, -0.1) is 0 Å². The summed E-state index contributed by atoms with van der Waals surface area (Å²) in [5, 5.41) is 25.9. The molecule has 0 unspecified atom stereocenters. The number of aromatic nitrogens is 2.